The first-order chi connectivity index (χ1) is 4.63. The van der Waals surface area contributed by atoms with E-state index in [0.29, 0.717) is 0 Å². The molecule has 5 heteroatoms. The number of hydrogen-bond acceptors (Lipinski definition) is 0. The molecule has 0 saturated carbocycles. The van der Waals surface area contributed by atoms with Crippen LogP contribution in [0.1, 0.15) is 1.43 Å². The molecule has 0 aromatic heterocycles. The Morgan fingerprint density at radius 2 is 1.09 bits per heavy atom. The molecule has 0 radical (unpaired) electrons. The van der Waals surface area contributed by atoms with Gasteiger partial charge in [0.1, 0.15) is 0 Å². The van der Waals surface area contributed by atoms with E-state index >= 15 is 0 Å². The molecular weight excluding hydrogens is 415 g/mol. The van der Waals surface area contributed by atoms with Crippen molar-refractivity contribution in [3.05, 3.63) is 30.0 Å². The van der Waals surface area contributed by atoms with Crippen molar-refractivity contribution in [3.8, 4) is 0 Å². The predicted octanol–water partition coefficient (Wildman–Crippen LogP) is 1.85. The Morgan fingerprint density at radius 1 is 0.818 bits per heavy atom. The van der Waals surface area contributed by atoms with Crippen LogP contribution in [0.2, 0.25) is 0 Å². The van der Waals surface area contributed by atoms with Gasteiger partial charge in [-0.2, -0.15) is 0 Å². The first kappa shape index (κ1) is 13.1. The van der Waals surface area contributed by atoms with Gasteiger partial charge in [0.15, 0.2) is 0 Å². The van der Waals surface area contributed by atoms with Gasteiger partial charge in [-0.1, -0.05) is 0 Å². The van der Waals surface area contributed by atoms with Crippen LogP contribution in [0.5, 0.6) is 0 Å². The molecule has 0 aliphatic rings. The summed E-state index contributed by atoms with van der Waals surface area (Å²) >= 11 is 13.6. The number of hydrogen-bond donors (Lipinski definition) is 0. The summed E-state index contributed by atoms with van der Waals surface area (Å²) in [5, 5.41) is 0. The van der Waals surface area contributed by atoms with Crippen LogP contribution in [-0.4, -0.2) is 0 Å². The summed E-state index contributed by atoms with van der Waals surface area (Å²) in [7, 11) is 0. The second-order valence-corrected chi connectivity index (χ2v) is 4.95. The third-order valence-corrected chi connectivity index (χ3v) is 5.55. The van der Waals surface area contributed by atoms with Crippen molar-refractivity contribution in [3.63, 3.8) is 0 Å². The van der Waals surface area contributed by atoms with Gasteiger partial charge in [-0.25, -0.2) is 0 Å². The van der Waals surface area contributed by atoms with E-state index in [1.54, 1.807) is 0 Å². The quantitative estimate of drug-likeness (QED) is 0.343. The van der Waals surface area contributed by atoms with Crippen LogP contribution < -0.4 is 29.6 Å². The first-order valence-electron chi connectivity index (χ1n) is 2.42. The molecule has 11 heavy (non-hydrogen) atoms. The average Bonchev–Trinajstić information content (AvgIpc) is 1.93. The van der Waals surface area contributed by atoms with Gasteiger partial charge in [-0.05, 0) is 75.9 Å². The van der Waals surface area contributed by atoms with Crippen LogP contribution in [0.3, 0.4) is 0 Å². The van der Waals surface area contributed by atoms with Crippen LogP contribution in [0.15, 0.2) is 30.0 Å². The smallest absolute Gasteiger partial charge is 1.00 e. The van der Waals surface area contributed by atoms with Gasteiger partial charge in [0.2, 0.25) is 0 Å². The Labute approximate surface area is 123 Å². The Kier molecular flexibility index (Phi) is 6.91. The van der Waals surface area contributed by atoms with Crippen molar-refractivity contribution < 1.29 is 31.0 Å². The first-order valence-corrected chi connectivity index (χ1v) is 5.59. The molecular formula is C6H3Br4Na. The Hall–Kier alpha value is 2.14. The van der Waals surface area contributed by atoms with Gasteiger partial charge in [0, 0.05) is 17.9 Å². The van der Waals surface area contributed by atoms with Gasteiger partial charge in [0.05, 0.1) is 0 Å². The third-order valence-electron chi connectivity index (χ3n) is 0.988. The minimum Gasteiger partial charge on any atom is -1.00 e. The van der Waals surface area contributed by atoms with E-state index in [9.17, 15) is 0 Å². The van der Waals surface area contributed by atoms with Crippen molar-refractivity contribution in [1.82, 2.24) is 0 Å². The van der Waals surface area contributed by atoms with E-state index in [1.165, 1.54) is 0 Å². The van der Waals surface area contributed by atoms with E-state index in [0.717, 1.165) is 17.9 Å². The predicted molar refractivity (Wildman–Crippen MR) is 58.4 cm³/mol. The maximum atomic E-state index is 3.41. The number of benzene rings is 1. The summed E-state index contributed by atoms with van der Waals surface area (Å²) in [5.41, 5.74) is 0. The van der Waals surface area contributed by atoms with E-state index in [2.05, 4.69) is 63.7 Å². The van der Waals surface area contributed by atoms with Crippen LogP contribution in [-0.2, 0) is 0 Å². The summed E-state index contributed by atoms with van der Waals surface area (Å²) in [5.74, 6) is 0. The molecule has 0 amide bonds. The summed E-state index contributed by atoms with van der Waals surface area (Å²) < 4.78 is 4.15. The van der Waals surface area contributed by atoms with Gasteiger partial charge < -0.3 is 1.43 Å². The van der Waals surface area contributed by atoms with Gasteiger partial charge >= 0.3 is 29.6 Å². The van der Waals surface area contributed by atoms with E-state index in [-0.39, 0.29) is 31.0 Å². The molecule has 1 aromatic rings. The molecule has 0 nitrogen and oxygen atoms in total. The van der Waals surface area contributed by atoms with Crippen molar-refractivity contribution in [1.29, 1.82) is 0 Å². The molecule has 1 rings (SSSR count). The van der Waals surface area contributed by atoms with Crippen LogP contribution in [0.4, 0.5) is 0 Å². The van der Waals surface area contributed by atoms with Gasteiger partial charge in [-0.3, -0.25) is 0 Å². The summed E-state index contributed by atoms with van der Waals surface area (Å²) in [4.78, 5) is 0. The molecule has 0 unspecified atom stereocenters. The third kappa shape index (κ3) is 3.41. The van der Waals surface area contributed by atoms with E-state index < -0.39 is 0 Å². The van der Waals surface area contributed by atoms with Crippen molar-refractivity contribution in [2.45, 2.75) is 0 Å². The molecule has 0 aliphatic carbocycles. The SMILES string of the molecule is Brc1ccc(Br)c(Br)c1Br.[H-].[Na+]. The maximum Gasteiger partial charge on any atom is 1.00 e. The molecule has 0 bridgehead atoms. The van der Waals surface area contributed by atoms with Crippen molar-refractivity contribution >= 4 is 63.7 Å². The average molecular weight is 418 g/mol. The Morgan fingerprint density at radius 3 is 1.36 bits per heavy atom. The number of halogens is 4. The standard InChI is InChI=1S/C6H2Br4.Na.H/c7-3-1-2-4(8)6(10)5(3)9;;/h1-2H;;/q;+1;-1. The molecule has 1 aromatic carbocycles. The second-order valence-electron chi connectivity index (χ2n) is 1.66. The fraction of sp³-hybridized carbons (Fsp3) is 0. The zero-order chi connectivity index (χ0) is 7.72. The molecule has 0 fully saturated rings. The van der Waals surface area contributed by atoms with Crippen LogP contribution in [0.25, 0.3) is 0 Å². The summed E-state index contributed by atoms with van der Waals surface area (Å²) in [6.07, 6.45) is 0. The molecule has 0 N–H and O–H groups in total. The normalized spacial score (nSPS) is 9.09. The molecule has 56 valence electrons. The largest absolute Gasteiger partial charge is 1.00 e. The minimum absolute atomic E-state index is 0. The van der Waals surface area contributed by atoms with Crippen LogP contribution >= 0.6 is 63.7 Å². The van der Waals surface area contributed by atoms with Gasteiger partial charge in [-0.15, -0.1) is 0 Å². The topological polar surface area (TPSA) is 0 Å². The van der Waals surface area contributed by atoms with Crippen molar-refractivity contribution in [2.75, 3.05) is 0 Å². The van der Waals surface area contributed by atoms with Crippen LogP contribution in [0, 0.1) is 0 Å². The molecule has 0 heterocycles. The maximum absolute atomic E-state index is 3.41. The summed E-state index contributed by atoms with van der Waals surface area (Å²) in [6, 6.07) is 3.94. The van der Waals surface area contributed by atoms with E-state index in [4.69, 9.17) is 0 Å². The number of rotatable bonds is 0. The summed E-state index contributed by atoms with van der Waals surface area (Å²) in [6.45, 7) is 0. The Balaban J connectivity index is 0. The molecule has 0 saturated heterocycles. The zero-order valence-corrected chi connectivity index (χ0v) is 14.0. The Bertz CT molecular complexity index is 239. The fourth-order valence-corrected chi connectivity index (χ4v) is 2.39. The minimum atomic E-state index is 0. The zero-order valence-electron chi connectivity index (χ0n) is 6.67. The monoisotopic (exact) mass is 414 g/mol. The fourth-order valence-electron chi connectivity index (χ4n) is 0.502. The van der Waals surface area contributed by atoms with Crippen molar-refractivity contribution in [2.24, 2.45) is 0 Å². The molecule has 0 aliphatic heterocycles. The van der Waals surface area contributed by atoms with Gasteiger partial charge in [0.25, 0.3) is 0 Å². The second kappa shape index (κ2) is 5.78. The van der Waals surface area contributed by atoms with E-state index in [1.807, 2.05) is 12.1 Å². The molecule has 0 atom stereocenters. The molecule has 0 spiro atoms.